The van der Waals surface area contributed by atoms with Gasteiger partial charge in [0.15, 0.2) is 5.69 Å². The quantitative estimate of drug-likeness (QED) is 0.775. The molecule has 2 amide bonds. The van der Waals surface area contributed by atoms with E-state index in [1.54, 1.807) is 24.3 Å². The van der Waals surface area contributed by atoms with E-state index >= 15 is 0 Å². The molecule has 20 heavy (non-hydrogen) atoms. The number of primary amides is 1. The molecule has 0 saturated heterocycles. The summed E-state index contributed by atoms with van der Waals surface area (Å²) in [6, 6.07) is 6.74. The summed E-state index contributed by atoms with van der Waals surface area (Å²) in [4.78, 5) is 22.8. The molecular formula is C12H12ClN5O2. The zero-order chi connectivity index (χ0) is 14.7. The Balaban J connectivity index is 2.05. The van der Waals surface area contributed by atoms with Gasteiger partial charge in [-0.25, -0.2) is 0 Å². The van der Waals surface area contributed by atoms with Gasteiger partial charge in [0.2, 0.25) is 5.91 Å². The molecule has 2 rings (SSSR count). The molecule has 0 radical (unpaired) electrons. The van der Waals surface area contributed by atoms with Gasteiger partial charge in [-0.15, -0.1) is 0 Å². The summed E-state index contributed by atoms with van der Waals surface area (Å²) < 4.78 is 1.25. The van der Waals surface area contributed by atoms with Crippen molar-refractivity contribution in [2.24, 2.45) is 5.73 Å². The number of carbonyl (C=O) groups excluding carboxylic acids is 2. The van der Waals surface area contributed by atoms with Crippen LogP contribution >= 0.6 is 11.6 Å². The summed E-state index contributed by atoms with van der Waals surface area (Å²) in [6.07, 6.45) is 1.37. The molecule has 8 heteroatoms. The number of rotatable bonds is 4. The van der Waals surface area contributed by atoms with Gasteiger partial charge in [-0.2, -0.15) is 5.10 Å². The van der Waals surface area contributed by atoms with Gasteiger partial charge >= 0.3 is 0 Å². The maximum Gasteiger partial charge on any atom is 0.271 e. The van der Waals surface area contributed by atoms with E-state index in [9.17, 15) is 9.59 Å². The van der Waals surface area contributed by atoms with Gasteiger partial charge in [0.25, 0.3) is 5.91 Å². The Bertz CT molecular complexity index is 668. The molecule has 104 valence electrons. The van der Waals surface area contributed by atoms with Crippen molar-refractivity contribution in [1.82, 2.24) is 9.78 Å². The maximum absolute atomic E-state index is 11.8. The molecule has 0 atom stereocenters. The Morgan fingerprint density at radius 3 is 2.75 bits per heavy atom. The third-order valence-electron chi connectivity index (χ3n) is 2.44. The van der Waals surface area contributed by atoms with Gasteiger partial charge in [-0.1, -0.05) is 17.7 Å². The molecule has 1 aromatic carbocycles. The molecule has 0 fully saturated rings. The van der Waals surface area contributed by atoms with Crippen LogP contribution in [0.2, 0.25) is 5.02 Å². The summed E-state index contributed by atoms with van der Waals surface area (Å²) in [5.41, 5.74) is 11.3. The van der Waals surface area contributed by atoms with Crippen LogP contribution in [0.25, 0.3) is 0 Å². The highest BCUT2D eigenvalue weighted by Gasteiger charge is 2.13. The average Bonchev–Trinajstić information content (AvgIpc) is 2.70. The number of nitrogen functional groups attached to an aromatic ring is 1. The van der Waals surface area contributed by atoms with Crippen molar-refractivity contribution in [2.75, 3.05) is 11.1 Å². The fraction of sp³-hybridized carbons (Fsp3) is 0.0833. The molecule has 0 aliphatic rings. The zero-order valence-electron chi connectivity index (χ0n) is 10.3. The minimum absolute atomic E-state index is 0.0550. The average molecular weight is 294 g/mol. The standard InChI is InChI=1S/C12H12ClN5O2/c13-7-2-1-3-8(4-7)16-10(19)6-18-5-9(14)11(17-18)12(15)20/h1-5H,6,14H2,(H2,15,20)(H,16,19). The minimum atomic E-state index is -0.739. The summed E-state index contributed by atoms with van der Waals surface area (Å²) in [5, 5.41) is 7.00. The van der Waals surface area contributed by atoms with Gasteiger partial charge in [0.1, 0.15) is 6.54 Å². The van der Waals surface area contributed by atoms with Crippen LogP contribution < -0.4 is 16.8 Å². The van der Waals surface area contributed by atoms with E-state index in [0.29, 0.717) is 10.7 Å². The number of nitrogens with zero attached hydrogens (tertiary/aromatic N) is 2. The monoisotopic (exact) mass is 293 g/mol. The van der Waals surface area contributed by atoms with Crippen LogP contribution in [0.5, 0.6) is 0 Å². The second-order valence-electron chi connectivity index (χ2n) is 4.05. The summed E-state index contributed by atoms with van der Waals surface area (Å²) in [7, 11) is 0. The van der Waals surface area contributed by atoms with Crippen LogP contribution in [0.1, 0.15) is 10.5 Å². The predicted octanol–water partition coefficient (Wildman–Crippen LogP) is 0.856. The molecule has 0 bridgehead atoms. The highest BCUT2D eigenvalue weighted by molar-refractivity contribution is 6.30. The van der Waals surface area contributed by atoms with Gasteiger partial charge in [0, 0.05) is 16.9 Å². The molecule has 5 N–H and O–H groups in total. The van der Waals surface area contributed by atoms with Crippen molar-refractivity contribution >= 4 is 34.8 Å². The van der Waals surface area contributed by atoms with Crippen LogP contribution in [-0.4, -0.2) is 21.6 Å². The number of amides is 2. The second kappa shape index (κ2) is 5.62. The number of hydrogen-bond donors (Lipinski definition) is 3. The topological polar surface area (TPSA) is 116 Å². The van der Waals surface area contributed by atoms with Gasteiger partial charge in [-0.3, -0.25) is 14.3 Å². The Morgan fingerprint density at radius 1 is 1.40 bits per heavy atom. The van der Waals surface area contributed by atoms with E-state index in [4.69, 9.17) is 23.1 Å². The first-order chi connectivity index (χ1) is 9.45. The van der Waals surface area contributed by atoms with Gasteiger partial charge in [0.05, 0.1) is 5.69 Å². The first-order valence-electron chi connectivity index (χ1n) is 5.64. The summed E-state index contributed by atoms with van der Waals surface area (Å²) in [5.74, 6) is -1.07. The van der Waals surface area contributed by atoms with Crippen molar-refractivity contribution in [1.29, 1.82) is 0 Å². The predicted molar refractivity (Wildman–Crippen MR) is 75.2 cm³/mol. The number of aromatic nitrogens is 2. The van der Waals surface area contributed by atoms with E-state index in [1.807, 2.05) is 0 Å². The normalized spacial score (nSPS) is 10.2. The van der Waals surface area contributed by atoms with E-state index in [2.05, 4.69) is 10.4 Å². The minimum Gasteiger partial charge on any atom is -0.396 e. The smallest absolute Gasteiger partial charge is 0.271 e. The molecule has 1 heterocycles. The molecule has 1 aromatic heterocycles. The summed E-state index contributed by atoms with van der Waals surface area (Å²) in [6.45, 7) is -0.0933. The summed E-state index contributed by atoms with van der Waals surface area (Å²) >= 11 is 5.81. The molecule has 0 unspecified atom stereocenters. The molecular weight excluding hydrogens is 282 g/mol. The zero-order valence-corrected chi connectivity index (χ0v) is 11.1. The highest BCUT2D eigenvalue weighted by Crippen LogP contribution is 2.15. The van der Waals surface area contributed by atoms with E-state index < -0.39 is 5.91 Å². The Kier molecular flexibility index (Phi) is 3.90. The van der Waals surface area contributed by atoms with Crippen LogP contribution in [0.15, 0.2) is 30.5 Å². The molecule has 0 aliphatic heterocycles. The first-order valence-corrected chi connectivity index (χ1v) is 6.01. The number of anilines is 2. The molecule has 0 saturated carbocycles. The Labute approximate surface area is 119 Å². The number of nitrogens with two attached hydrogens (primary N) is 2. The number of hydrogen-bond acceptors (Lipinski definition) is 4. The first kappa shape index (κ1) is 13.9. The Hall–Kier alpha value is -2.54. The second-order valence-corrected chi connectivity index (χ2v) is 4.49. The lowest BCUT2D eigenvalue weighted by Crippen LogP contribution is -2.20. The largest absolute Gasteiger partial charge is 0.396 e. The van der Waals surface area contributed by atoms with Crippen LogP contribution in [-0.2, 0) is 11.3 Å². The molecule has 0 aliphatic carbocycles. The highest BCUT2D eigenvalue weighted by atomic mass is 35.5. The maximum atomic E-state index is 11.8. The lowest BCUT2D eigenvalue weighted by Gasteiger charge is -2.05. The van der Waals surface area contributed by atoms with Gasteiger partial charge in [-0.05, 0) is 18.2 Å². The van der Waals surface area contributed by atoms with Gasteiger partial charge < -0.3 is 16.8 Å². The molecule has 0 spiro atoms. The van der Waals surface area contributed by atoms with Crippen molar-refractivity contribution in [3.05, 3.63) is 41.2 Å². The molecule has 2 aromatic rings. The SMILES string of the molecule is NC(=O)c1nn(CC(=O)Nc2cccc(Cl)c2)cc1N. The third kappa shape index (κ3) is 3.27. The fourth-order valence-electron chi connectivity index (χ4n) is 1.62. The van der Waals surface area contributed by atoms with Crippen LogP contribution in [0.3, 0.4) is 0 Å². The van der Waals surface area contributed by atoms with E-state index in [0.717, 1.165) is 0 Å². The van der Waals surface area contributed by atoms with E-state index in [-0.39, 0.29) is 23.8 Å². The lowest BCUT2D eigenvalue weighted by atomic mass is 10.3. The third-order valence-corrected chi connectivity index (χ3v) is 2.67. The molecule has 7 nitrogen and oxygen atoms in total. The van der Waals surface area contributed by atoms with Crippen molar-refractivity contribution in [2.45, 2.75) is 6.54 Å². The number of carbonyl (C=O) groups is 2. The number of nitrogens with one attached hydrogen (secondary N) is 1. The van der Waals surface area contributed by atoms with Crippen molar-refractivity contribution < 1.29 is 9.59 Å². The van der Waals surface area contributed by atoms with Crippen molar-refractivity contribution in [3.8, 4) is 0 Å². The van der Waals surface area contributed by atoms with Crippen LogP contribution in [0, 0.1) is 0 Å². The van der Waals surface area contributed by atoms with Crippen molar-refractivity contribution in [3.63, 3.8) is 0 Å². The Morgan fingerprint density at radius 2 is 2.15 bits per heavy atom. The fourth-order valence-corrected chi connectivity index (χ4v) is 1.81. The van der Waals surface area contributed by atoms with E-state index in [1.165, 1.54) is 10.9 Å². The lowest BCUT2D eigenvalue weighted by molar-refractivity contribution is -0.116. The number of halogens is 1. The van der Waals surface area contributed by atoms with Crippen LogP contribution in [0.4, 0.5) is 11.4 Å². The number of benzene rings is 1.